The molecule has 18 heavy (non-hydrogen) atoms. The monoisotopic (exact) mass is 251 g/mol. The van der Waals surface area contributed by atoms with Crippen molar-refractivity contribution in [2.45, 2.75) is 31.5 Å². The first-order chi connectivity index (χ1) is 8.63. The molecule has 0 bridgehead atoms. The minimum Gasteiger partial charge on any atom is -0.376 e. The molecule has 98 valence electrons. The first kappa shape index (κ1) is 12.8. The minimum atomic E-state index is -0.415. The van der Waals surface area contributed by atoms with Gasteiger partial charge in [0.25, 0.3) is 11.5 Å². The molecule has 1 aliphatic rings. The Morgan fingerprint density at radius 2 is 2.44 bits per heavy atom. The Morgan fingerprint density at radius 3 is 3.06 bits per heavy atom. The molecule has 2 rings (SSSR count). The molecule has 1 heterocycles. The Kier molecular flexibility index (Phi) is 3.78. The molecule has 0 saturated heterocycles. The normalized spacial score (nSPS) is 26.4. The van der Waals surface area contributed by atoms with Crippen molar-refractivity contribution in [2.24, 2.45) is 5.73 Å². The van der Waals surface area contributed by atoms with Gasteiger partial charge in [-0.15, -0.1) is 0 Å². The lowest BCUT2D eigenvalue weighted by atomic mass is 9.83. The van der Waals surface area contributed by atoms with Crippen molar-refractivity contribution >= 4 is 5.91 Å². The van der Waals surface area contributed by atoms with Crippen molar-refractivity contribution in [1.82, 2.24) is 10.3 Å². The van der Waals surface area contributed by atoms with Gasteiger partial charge in [-0.05, 0) is 25.5 Å². The lowest BCUT2D eigenvalue weighted by molar-refractivity contribution is -0.0300. The Hall–Kier alpha value is -1.66. The van der Waals surface area contributed by atoms with Gasteiger partial charge in [0, 0.05) is 18.8 Å². The maximum Gasteiger partial charge on any atom is 0.260 e. The van der Waals surface area contributed by atoms with E-state index in [0.717, 1.165) is 6.42 Å². The van der Waals surface area contributed by atoms with Crippen molar-refractivity contribution in [3.05, 3.63) is 34.2 Å². The van der Waals surface area contributed by atoms with E-state index in [4.69, 9.17) is 10.5 Å². The third kappa shape index (κ3) is 2.44. The summed E-state index contributed by atoms with van der Waals surface area (Å²) < 4.78 is 5.45. The standard InChI is InChI=1S/C12H17N3O3/c1-2-18-9-6-8(13)10(9)15-12(17)7-4-3-5-14-11(7)16/h3-5,8-10H,2,6,13H2,1H3,(H,14,16)(H,15,17). The van der Waals surface area contributed by atoms with Crippen molar-refractivity contribution < 1.29 is 9.53 Å². The number of aromatic nitrogens is 1. The van der Waals surface area contributed by atoms with Gasteiger partial charge >= 0.3 is 0 Å². The van der Waals surface area contributed by atoms with E-state index in [1.54, 1.807) is 6.07 Å². The summed E-state index contributed by atoms with van der Waals surface area (Å²) in [5.41, 5.74) is 5.51. The summed E-state index contributed by atoms with van der Waals surface area (Å²) in [6.07, 6.45) is 2.15. The van der Waals surface area contributed by atoms with Crippen molar-refractivity contribution in [2.75, 3.05) is 6.61 Å². The fourth-order valence-corrected chi connectivity index (χ4v) is 2.06. The second-order valence-corrected chi connectivity index (χ2v) is 4.31. The van der Waals surface area contributed by atoms with E-state index in [9.17, 15) is 9.59 Å². The fourth-order valence-electron chi connectivity index (χ4n) is 2.06. The number of ether oxygens (including phenoxy) is 1. The highest BCUT2D eigenvalue weighted by molar-refractivity contribution is 5.94. The van der Waals surface area contributed by atoms with Gasteiger partial charge in [0.2, 0.25) is 0 Å². The number of hydrogen-bond donors (Lipinski definition) is 3. The number of nitrogens with two attached hydrogens (primary N) is 1. The highest BCUT2D eigenvalue weighted by Gasteiger charge is 2.40. The summed E-state index contributed by atoms with van der Waals surface area (Å²) in [5.74, 6) is -0.415. The topological polar surface area (TPSA) is 97.2 Å². The van der Waals surface area contributed by atoms with Gasteiger partial charge < -0.3 is 20.8 Å². The number of nitrogens with one attached hydrogen (secondary N) is 2. The van der Waals surface area contributed by atoms with Crippen LogP contribution in [0.5, 0.6) is 0 Å². The van der Waals surface area contributed by atoms with E-state index in [0.29, 0.717) is 6.61 Å². The van der Waals surface area contributed by atoms with Crippen molar-refractivity contribution in [3.8, 4) is 0 Å². The predicted octanol–water partition coefficient (Wildman–Crippen LogP) is -0.391. The van der Waals surface area contributed by atoms with Gasteiger partial charge in [-0.3, -0.25) is 9.59 Å². The largest absolute Gasteiger partial charge is 0.376 e. The van der Waals surface area contributed by atoms with E-state index >= 15 is 0 Å². The van der Waals surface area contributed by atoms with Crippen LogP contribution in [0.25, 0.3) is 0 Å². The van der Waals surface area contributed by atoms with Crippen LogP contribution >= 0.6 is 0 Å². The molecule has 4 N–H and O–H groups in total. The third-order valence-corrected chi connectivity index (χ3v) is 3.11. The van der Waals surface area contributed by atoms with Crippen molar-refractivity contribution in [3.63, 3.8) is 0 Å². The quantitative estimate of drug-likeness (QED) is 0.679. The number of amides is 1. The highest BCUT2D eigenvalue weighted by Crippen LogP contribution is 2.22. The maximum atomic E-state index is 11.9. The summed E-state index contributed by atoms with van der Waals surface area (Å²) in [5, 5.41) is 2.75. The molecule has 1 amide bonds. The Bertz CT molecular complexity index is 483. The minimum absolute atomic E-state index is 0.0586. The lowest BCUT2D eigenvalue weighted by Crippen LogP contribution is -2.65. The molecule has 3 unspecified atom stereocenters. The van der Waals surface area contributed by atoms with Gasteiger partial charge in [0.05, 0.1) is 12.1 Å². The fraction of sp³-hybridized carbons (Fsp3) is 0.500. The molecule has 1 saturated carbocycles. The molecule has 1 aromatic heterocycles. The molecular weight excluding hydrogens is 234 g/mol. The average molecular weight is 251 g/mol. The van der Waals surface area contributed by atoms with Crippen LogP contribution in [0.2, 0.25) is 0 Å². The van der Waals surface area contributed by atoms with E-state index in [2.05, 4.69) is 10.3 Å². The molecule has 1 fully saturated rings. The van der Waals surface area contributed by atoms with Crippen molar-refractivity contribution in [1.29, 1.82) is 0 Å². The molecule has 0 radical (unpaired) electrons. The average Bonchev–Trinajstić information content (AvgIpc) is 2.36. The van der Waals surface area contributed by atoms with Crippen LogP contribution in [0.3, 0.4) is 0 Å². The summed E-state index contributed by atoms with van der Waals surface area (Å²) in [6, 6.07) is 2.75. The van der Waals surface area contributed by atoms with Gasteiger partial charge in [-0.2, -0.15) is 0 Å². The van der Waals surface area contributed by atoms with Gasteiger partial charge in [0.15, 0.2) is 0 Å². The van der Waals surface area contributed by atoms with Crippen LogP contribution in [-0.4, -0.2) is 35.7 Å². The molecule has 6 heteroatoms. The molecule has 0 aromatic carbocycles. The van der Waals surface area contributed by atoms with Crippen LogP contribution < -0.4 is 16.6 Å². The van der Waals surface area contributed by atoms with E-state index in [-0.39, 0.29) is 23.8 Å². The zero-order valence-corrected chi connectivity index (χ0v) is 10.2. The Labute approximate surface area is 105 Å². The van der Waals surface area contributed by atoms with Crippen LogP contribution in [0, 0.1) is 0 Å². The SMILES string of the molecule is CCOC1CC(N)C1NC(=O)c1ccc[nH]c1=O. The van der Waals surface area contributed by atoms with Gasteiger partial charge in [-0.25, -0.2) is 0 Å². The van der Waals surface area contributed by atoms with Gasteiger partial charge in [-0.1, -0.05) is 0 Å². The third-order valence-electron chi connectivity index (χ3n) is 3.11. The van der Waals surface area contributed by atoms with E-state index in [1.807, 2.05) is 6.92 Å². The number of H-pyrrole nitrogens is 1. The molecule has 1 aromatic rings. The highest BCUT2D eigenvalue weighted by atomic mass is 16.5. The molecular formula is C12H17N3O3. The van der Waals surface area contributed by atoms with Crippen LogP contribution in [0.15, 0.2) is 23.1 Å². The van der Waals surface area contributed by atoms with Crippen LogP contribution in [-0.2, 0) is 4.74 Å². The number of carbonyl (C=O) groups excluding carboxylic acids is 1. The van der Waals surface area contributed by atoms with Crippen LogP contribution in [0.1, 0.15) is 23.7 Å². The lowest BCUT2D eigenvalue weighted by Gasteiger charge is -2.42. The molecule has 3 atom stereocenters. The van der Waals surface area contributed by atoms with Crippen LogP contribution in [0.4, 0.5) is 0 Å². The van der Waals surface area contributed by atoms with E-state index in [1.165, 1.54) is 12.3 Å². The van der Waals surface area contributed by atoms with Gasteiger partial charge in [0.1, 0.15) is 5.56 Å². The zero-order chi connectivity index (χ0) is 13.1. The number of pyridine rings is 1. The molecule has 0 spiro atoms. The number of rotatable bonds is 4. The summed E-state index contributed by atoms with van der Waals surface area (Å²) in [7, 11) is 0. The molecule has 0 aliphatic heterocycles. The second kappa shape index (κ2) is 5.32. The summed E-state index contributed by atoms with van der Waals surface area (Å²) in [4.78, 5) is 25.8. The Balaban J connectivity index is 2.03. The number of carbonyl (C=O) groups is 1. The summed E-state index contributed by atoms with van der Waals surface area (Å²) >= 11 is 0. The number of aromatic amines is 1. The first-order valence-electron chi connectivity index (χ1n) is 5.99. The molecule has 6 nitrogen and oxygen atoms in total. The second-order valence-electron chi connectivity index (χ2n) is 4.31. The smallest absolute Gasteiger partial charge is 0.260 e. The maximum absolute atomic E-state index is 11.9. The summed E-state index contributed by atoms with van der Waals surface area (Å²) in [6.45, 7) is 2.47. The first-order valence-corrected chi connectivity index (χ1v) is 5.99. The number of hydrogen-bond acceptors (Lipinski definition) is 4. The Morgan fingerprint density at radius 1 is 1.67 bits per heavy atom. The molecule has 1 aliphatic carbocycles. The zero-order valence-electron chi connectivity index (χ0n) is 10.2. The van der Waals surface area contributed by atoms with E-state index < -0.39 is 11.5 Å². The predicted molar refractivity (Wildman–Crippen MR) is 66.3 cm³/mol.